The molecule has 2 aromatic rings. The Hall–Kier alpha value is -1.81. The summed E-state index contributed by atoms with van der Waals surface area (Å²) in [6, 6.07) is 9.66. The molecule has 0 saturated carbocycles. The molecule has 0 atom stereocenters. The second-order valence-corrected chi connectivity index (χ2v) is 5.48. The van der Waals surface area contributed by atoms with Crippen molar-refractivity contribution < 1.29 is 14.6 Å². The average molecular weight is 276 g/mol. The van der Waals surface area contributed by atoms with Gasteiger partial charge in [0.2, 0.25) is 0 Å². The van der Waals surface area contributed by atoms with E-state index in [1.54, 1.807) is 11.4 Å². The predicted molar refractivity (Wildman–Crippen MR) is 76.1 cm³/mol. The number of hydrogen-bond donors (Lipinski definition) is 1. The average Bonchev–Trinajstić information content (AvgIpc) is 2.85. The van der Waals surface area contributed by atoms with E-state index < -0.39 is 5.97 Å². The molecule has 0 amide bonds. The lowest BCUT2D eigenvalue weighted by molar-refractivity contribution is 0.0699. The van der Waals surface area contributed by atoms with Gasteiger partial charge in [-0.25, -0.2) is 4.79 Å². The number of carboxylic acid groups (broad SMARTS) is 1. The maximum Gasteiger partial charge on any atom is 0.346 e. The summed E-state index contributed by atoms with van der Waals surface area (Å²) < 4.78 is 5.78. The molecule has 2 rings (SSSR count). The minimum absolute atomic E-state index is 0.287. The fraction of sp³-hybridized carbons (Fsp3) is 0.267. The van der Waals surface area contributed by atoms with Gasteiger partial charge in [0.05, 0.1) is 0 Å². The van der Waals surface area contributed by atoms with Crippen LogP contribution in [-0.2, 0) is 6.61 Å². The molecule has 0 spiro atoms. The van der Waals surface area contributed by atoms with E-state index in [1.807, 2.05) is 24.3 Å². The molecule has 0 bridgehead atoms. The highest BCUT2D eigenvalue weighted by atomic mass is 32.1. The number of rotatable bonds is 5. The van der Waals surface area contributed by atoms with Crippen LogP contribution in [0.15, 0.2) is 35.7 Å². The summed E-state index contributed by atoms with van der Waals surface area (Å²) in [7, 11) is 0. The Morgan fingerprint density at radius 3 is 2.74 bits per heavy atom. The fourth-order valence-corrected chi connectivity index (χ4v) is 2.63. The topological polar surface area (TPSA) is 46.5 Å². The van der Waals surface area contributed by atoms with Crippen LogP contribution in [-0.4, -0.2) is 11.1 Å². The minimum Gasteiger partial charge on any atom is -0.489 e. The lowest BCUT2D eigenvalue weighted by Crippen LogP contribution is -2.03. The second kappa shape index (κ2) is 5.89. The van der Waals surface area contributed by atoms with E-state index in [4.69, 9.17) is 9.84 Å². The van der Waals surface area contributed by atoms with Gasteiger partial charge >= 0.3 is 5.97 Å². The largest absolute Gasteiger partial charge is 0.489 e. The van der Waals surface area contributed by atoms with Gasteiger partial charge in [0, 0.05) is 5.56 Å². The molecule has 0 aliphatic rings. The van der Waals surface area contributed by atoms with Crippen LogP contribution in [0, 0.1) is 0 Å². The van der Waals surface area contributed by atoms with Crippen LogP contribution in [0.5, 0.6) is 5.75 Å². The molecule has 0 radical (unpaired) electrons. The first-order valence-corrected chi connectivity index (χ1v) is 6.99. The Kier molecular flexibility index (Phi) is 4.22. The van der Waals surface area contributed by atoms with Gasteiger partial charge in [0.1, 0.15) is 17.2 Å². The smallest absolute Gasteiger partial charge is 0.346 e. The molecule has 100 valence electrons. The van der Waals surface area contributed by atoms with Crippen molar-refractivity contribution in [3.8, 4) is 5.75 Å². The van der Waals surface area contributed by atoms with Gasteiger partial charge in [0.15, 0.2) is 0 Å². The summed E-state index contributed by atoms with van der Waals surface area (Å²) in [4.78, 5) is 11.4. The Morgan fingerprint density at radius 1 is 1.32 bits per heavy atom. The van der Waals surface area contributed by atoms with E-state index in [9.17, 15) is 4.79 Å². The third kappa shape index (κ3) is 3.15. The Bertz CT molecular complexity index is 572. The van der Waals surface area contributed by atoms with Crippen molar-refractivity contribution in [1.82, 2.24) is 0 Å². The molecule has 0 aliphatic heterocycles. The van der Waals surface area contributed by atoms with E-state index in [-0.39, 0.29) is 6.61 Å². The maximum atomic E-state index is 11.0. The third-order valence-electron chi connectivity index (χ3n) is 2.87. The van der Waals surface area contributed by atoms with Crippen LogP contribution < -0.4 is 4.74 Å². The number of ether oxygens (including phenoxy) is 1. The summed E-state index contributed by atoms with van der Waals surface area (Å²) in [5, 5.41) is 10.8. The number of aromatic carboxylic acids is 1. The fourth-order valence-electron chi connectivity index (χ4n) is 1.88. The van der Waals surface area contributed by atoms with Gasteiger partial charge in [-0.3, -0.25) is 0 Å². The predicted octanol–water partition coefficient (Wildman–Crippen LogP) is 4.15. The van der Waals surface area contributed by atoms with Crippen LogP contribution in [0.25, 0.3) is 0 Å². The van der Waals surface area contributed by atoms with Gasteiger partial charge in [-0.2, -0.15) is 0 Å². The number of hydrogen-bond acceptors (Lipinski definition) is 3. The highest BCUT2D eigenvalue weighted by Gasteiger charge is 2.13. The number of carboxylic acids is 1. The molecular formula is C15H16O3S. The van der Waals surface area contributed by atoms with Gasteiger partial charge in [-0.05, 0) is 29.0 Å². The van der Waals surface area contributed by atoms with E-state index >= 15 is 0 Å². The van der Waals surface area contributed by atoms with Crippen molar-refractivity contribution in [1.29, 1.82) is 0 Å². The zero-order valence-corrected chi connectivity index (χ0v) is 11.7. The normalized spacial score (nSPS) is 10.7. The highest BCUT2D eigenvalue weighted by molar-refractivity contribution is 7.12. The van der Waals surface area contributed by atoms with Gasteiger partial charge in [0.25, 0.3) is 0 Å². The SMILES string of the molecule is CC(C)c1ccccc1OCc1ccsc1C(=O)O. The first-order valence-electron chi connectivity index (χ1n) is 6.11. The molecule has 1 aromatic carbocycles. The molecule has 0 aliphatic carbocycles. The van der Waals surface area contributed by atoms with Crippen LogP contribution in [0.4, 0.5) is 0 Å². The highest BCUT2D eigenvalue weighted by Crippen LogP contribution is 2.27. The van der Waals surface area contributed by atoms with E-state index in [0.29, 0.717) is 10.8 Å². The van der Waals surface area contributed by atoms with Crippen molar-refractivity contribution in [2.75, 3.05) is 0 Å². The molecule has 3 nitrogen and oxygen atoms in total. The summed E-state index contributed by atoms with van der Waals surface area (Å²) in [6.07, 6.45) is 0. The molecule has 1 aromatic heterocycles. The first-order chi connectivity index (χ1) is 9.09. The van der Waals surface area contributed by atoms with Gasteiger partial charge in [-0.1, -0.05) is 32.0 Å². The second-order valence-electron chi connectivity index (χ2n) is 4.56. The van der Waals surface area contributed by atoms with Crippen molar-refractivity contribution >= 4 is 17.3 Å². The Balaban J connectivity index is 2.15. The Morgan fingerprint density at radius 2 is 2.05 bits per heavy atom. The summed E-state index contributed by atoms with van der Waals surface area (Å²) >= 11 is 1.22. The van der Waals surface area contributed by atoms with Crippen LogP contribution in [0.2, 0.25) is 0 Å². The maximum absolute atomic E-state index is 11.0. The van der Waals surface area contributed by atoms with Gasteiger partial charge in [-0.15, -0.1) is 11.3 Å². The lowest BCUT2D eigenvalue weighted by atomic mass is 10.0. The molecule has 1 heterocycles. The molecule has 4 heteroatoms. The van der Waals surface area contributed by atoms with Crippen molar-refractivity contribution in [3.63, 3.8) is 0 Å². The first kappa shape index (κ1) is 13.6. The zero-order valence-electron chi connectivity index (χ0n) is 10.9. The van der Waals surface area contributed by atoms with Crippen LogP contribution >= 0.6 is 11.3 Å². The number of para-hydroxylation sites is 1. The molecule has 0 unspecified atom stereocenters. The van der Waals surface area contributed by atoms with Gasteiger partial charge < -0.3 is 9.84 Å². The van der Waals surface area contributed by atoms with Crippen molar-refractivity contribution in [3.05, 3.63) is 51.7 Å². The third-order valence-corrected chi connectivity index (χ3v) is 3.81. The minimum atomic E-state index is -0.897. The van der Waals surface area contributed by atoms with Crippen LogP contribution in [0.3, 0.4) is 0 Å². The molecule has 0 saturated heterocycles. The molecule has 1 N–H and O–H groups in total. The van der Waals surface area contributed by atoms with E-state index in [1.165, 1.54) is 11.3 Å². The monoisotopic (exact) mass is 276 g/mol. The lowest BCUT2D eigenvalue weighted by Gasteiger charge is -2.13. The van der Waals surface area contributed by atoms with Crippen LogP contribution in [0.1, 0.15) is 40.6 Å². The molecule has 19 heavy (non-hydrogen) atoms. The summed E-state index contributed by atoms with van der Waals surface area (Å²) in [6.45, 7) is 4.50. The number of carbonyl (C=O) groups is 1. The molecule has 0 fully saturated rings. The van der Waals surface area contributed by atoms with E-state index in [0.717, 1.165) is 16.9 Å². The van der Waals surface area contributed by atoms with Crippen molar-refractivity contribution in [2.45, 2.75) is 26.4 Å². The summed E-state index contributed by atoms with van der Waals surface area (Å²) in [5.74, 6) is 0.295. The van der Waals surface area contributed by atoms with Crippen molar-refractivity contribution in [2.24, 2.45) is 0 Å². The number of thiophene rings is 1. The molecular weight excluding hydrogens is 260 g/mol. The van der Waals surface area contributed by atoms with E-state index in [2.05, 4.69) is 13.8 Å². The number of benzene rings is 1. The summed E-state index contributed by atoms with van der Waals surface area (Å²) in [5.41, 5.74) is 1.85. The standard InChI is InChI=1S/C15H16O3S/c1-10(2)12-5-3-4-6-13(12)18-9-11-7-8-19-14(11)15(16)17/h3-8,10H,9H2,1-2H3,(H,16,17). The Labute approximate surface area is 116 Å². The quantitative estimate of drug-likeness (QED) is 0.892. The zero-order chi connectivity index (χ0) is 13.8.